The maximum Gasteiger partial charge on any atom is 0.309 e. The van der Waals surface area contributed by atoms with Gasteiger partial charge in [0.05, 0.1) is 12.0 Å². The Balaban J connectivity index is 1.61. The lowest BCUT2D eigenvalue weighted by molar-refractivity contribution is -0.153. The number of esters is 1. The number of ether oxygens (including phenoxy) is 2. The summed E-state index contributed by atoms with van der Waals surface area (Å²) in [5, 5.41) is 0. The molecule has 1 aliphatic carbocycles. The largest absolute Gasteiger partial charge is 0.461 e. The average Bonchev–Trinajstić information content (AvgIpc) is 2.82. The zero-order chi connectivity index (χ0) is 15.0. The smallest absolute Gasteiger partial charge is 0.309 e. The van der Waals surface area contributed by atoms with Crippen LogP contribution in [0.5, 0.6) is 0 Å². The third kappa shape index (κ3) is 2.53. The van der Waals surface area contributed by atoms with Gasteiger partial charge in [-0.2, -0.15) is 0 Å². The van der Waals surface area contributed by atoms with Gasteiger partial charge in [-0.05, 0) is 17.9 Å². The lowest BCUT2D eigenvalue weighted by Gasteiger charge is -2.31. The fourth-order valence-electron chi connectivity index (χ4n) is 3.97. The van der Waals surface area contributed by atoms with Gasteiger partial charge in [-0.1, -0.05) is 49.4 Å². The van der Waals surface area contributed by atoms with Crippen LogP contribution >= 0.6 is 0 Å². The monoisotopic (exact) mass is 284 g/mol. The summed E-state index contributed by atoms with van der Waals surface area (Å²) in [5.74, 6) is 0.532. The van der Waals surface area contributed by atoms with E-state index in [1.165, 1.54) is 5.57 Å². The molecule has 0 spiro atoms. The Morgan fingerprint density at radius 3 is 2.81 bits per heavy atom. The van der Waals surface area contributed by atoms with Gasteiger partial charge in [0.25, 0.3) is 0 Å². The summed E-state index contributed by atoms with van der Waals surface area (Å²) in [6.45, 7) is 6.64. The van der Waals surface area contributed by atoms with E-state index in [2.05, 4.69) is 21.3 Å². The van der Waals surface area contributed by atoms with Gasteiger partial charge in [-0.3, -0.25) is 4.79 Å². The standard InChI is InChI=1S/C17H21BO3/c1-11-8-17(12(2)15(11)16(18)21-17)9-14(19)20-10-13-6-4-3-5-7-13/h3-7,12,15-16H,1,8-10,18H2,2H3/t12-,15?,16-,17-/m1/s1. The van der Waals surface area contributed by atoms with Gasteiger partial charge in [0.15, 0.2) is 0 Å². The Morgan fingerprint density at radius 2 is 2.19 bits per heavy atom. The maximum atomic E-state index is 12.2. The molecule has 2 bridgehead atoms. The van der Waals surface area contributed by atoms with Gasteiger partial charge in [0, 0.05) is 11.9 Å². The first kappa shape index (κ1) is 14.4. The van der Waals surface area contributed by atoms with Crippen LogP contribution in [0.1, 0.15) is 25.3 Å². The minimum atomic E-state index is -0.394. The molecule has 2 fully saturated rings. The van der Waals surface area contributed by atoms with Gasteiger partial charge in [0.2, 0.25) is 0 Å². The van der Waals surface area contributed by atoms with Crippen molar-refractivity contribution in [2.24, 2.45) is 11.8 Å². The fraction of sp³-hybridized carbons (Fsp3) is 0.471. The molecule has 3 rings (SSSR count). The number of benzene rings is 1. The van der Waals surface area contributed by atoms with Crippen LogP contribution in [0.15, 0.2) is 42.5 Å². The number of fused-ring (bicyclic) bond motifs is 2. The second kappa shape index (κ2) is 5.34. The molecule has 1 heterocycles. The Morgan fingerprint density at radius 1 is 1.48 bits per heavy atom. The van der Waals surface area contributed by atoms with E-state index in [9.17, 15) is 4.79 Å². The molecule has 1 aromatic rings. The van der Waals surface area contributed by atoms with Gasteiger partial charge >= 0.3 is 5.97 Å². The Bertz CT molecular complexity index is 556. The molecule has 1 aliphatic heterocycles. The van der Waals surface area contributed by atoms with Crippen molar-refractivity contribution in [1.82, 2.24) is 0 Å². The van der Waals surface area contributed by atoms with Crippen molar-refractivity contribution >= 4 is 13.8 Å². The summed E-state index contributed by atoms with van der Waals surface area (Å²) in [4.78, 5) is 12.2. The Hall–Kier alpha value is -1.55. The third-order valence-electron chi connectivity index (χ3n) is 4.98. The molecular weight excluding hydrogens is 263 g/mol. The molecular formula is C17H21BO3. The minimum absolute atomic E-state index is 0.156. The van der Waals surface area contributed by atoms with E-state index in [1.54, 1.807) is 0 Å². The summed E-state index contributed by atoms with van der Waals surface area (Å²) in [5.41, 5.74) is 1.83. The van der Waals surface area contributed by atoms with E-state index >= 15 is 0 Å². The highest BCUT2D eigenvalue weighted by Crippen LogP contribution is 2.55. The van der Waals surface area contributed by atoms with Crippen LogP contribution in [0.25, 0.3) is 0 Å². The molecule has 1 aromatic carbocycles. The van der Waals surface area contributed by atoms with Crippen molar-refractivity contribution in [3.63, 3.8) is 0 Å². The molecule has 0 aromatic heterocycles. The van der Waals surface area contributed by atoms with E-state index in [0.717, 1.165) is 12.0 Å². The molecule has 0 radical (unpaired) electrons. The quantitative estimate of drug-likeness (QED) is 0.482. The average molecular weight is 284 g/mol. The summed E-state index contributed by atoms with van der Waals surface area (Å²) in [6.07, 6.45) is 1.10. The van der Waals surface area contributed by atoms with Crippen LogP contribution in [0, 0.1) is 11.8 Å². The topological polar surface area (TPSA) is 35.5 Å². The number of hydrogen-bond acceptors (Lipinski definition) is 3. The number of hydrogen-bond donors (Lipinski definition) is 0. The highest BCUT2D eigenvalue weighted by atomic mass is 16.5. The predicted octanol–water partition coefficient (Wildman–Crippen LogP) is 2.06. The van der Waals surface area contributed by atoms with Crippen molar-refractivity contribution in [2.75, 3.05) is 0 Å². The highest BCUT2D eigenvalue weighted by molar-refractivity contribution is 6.11. The first-order valence-corrected chi connectivity index (χ1v) is 7.57. The number of carbonyl (C=O) groups is 1. The second-order valence-electron chi connectivity index (χ2n) is 6.36. The van der Waals surface area contributed by atoms with E-state index in [0.29, 0.717) is 24.9 Å². The molecule has 0 amide bonds. The van der Waals surface area contributed by atoms with Crippen LogP contribution in [-0.4, -0.2) is 25.4 Å². The van der Waals surface area contributed by atoms with E-state index < -0.39 is 5.60 Å². The van der Waals surface area contributed by atoms with Crippen molar-refractivity contribution in [3.05, 3.63) is 48.0 Å². The zero-order valence-electron chi connectivity index (χ0n) is 12.7. The van der Waals surface area contributed by atoms with E-state index in [4.69, 9.17) is 9.47 Å². The highest BCUT2D eigenvalue weighted by Gasteiger charge is 2.58. The maximum absolute atomic E-state index is 12.2. The summed E-state index contributed by atoms with van der Waals surface area (Å²) in [6, 6.07) is 9.90. The van der Waals surface area contributed by atoms with Crippen LogP contribution < -0.4 is 0 Å². The summed E-state index contributed by atoms with van der Waals surface area (Å²) < 4.78 is 11.5. The van der Waals surface area contributed by atoms with Crippen molar-refractivity contribution in [1.29, 1.82) is 0 Å². The molecule has 1 unspecified atom stereocenters. The third-order valence-corrected chi connectivity index (χ3v) is 4.98. The van der Waals surface area contributed by atoms with Crippen molar-refractivity contribution in [3.8, 4) is 0 Å². The van der Waals surface area contributed by atoms with Gasteiger partial charge < -0.3 is 9.47 Å². The first-order chi connectivity index (χ1) is 10.0. The molecule has 4 atom stereocenters. The van der Waals surface area contributed by atoms with Crippen molar-refractivity contribution < 1.29 is 14.3 Å². The van der Waals surface area contributed by atoms with Crippen LogP contribution in [0.2, 0.25) is 0 Å². The van der Waals surface area contributed by atoms with E-state index in [-0.39, 0.29) is 12.0 Å². The van der Waals surface area contributed by atoms with Gasteiger partial charge in [-0.25, -0.2) is 0 Å². The first-order valence-electron chi connectivity index (χ1n) is 7.57. The summed E-state index contributed by atoms with van der Waals surface area (Å²) in [7, 11) is 2.07. The number of carbonyl (C=O) groups excluding carboxylic acids is 1. The lowest BCUT2D eigenvalue weighted by Crippen LogP contribution is -2.37. The zero-order valence-corrected chi connectivity index (χ0v) is 12.7. The van der Waals surface area contributed by atoms with Gasteiger partial charge in [0.1, 0.15) is 14.5 Å². The number of rotatable bonds is 4. The second-order valence-corrected chi connectivity index (χ2v) is 6.36. The molecule has 1 saturated carbocycles. The normalized spacial score (nSPS) is 34.1. The molecule has 0 N–H and O–H groups in total. The molecule has 21 heavy (non-hydrogen) atoms. The molecule has 110 valence electrons. The molecule has 1 saturated heterocycles. The van der Waals surface area contributed by atoms with Crippen molar-refractivity contribution in [2.45, 2.75) is 38.0 Å². The molecule has 3 nitrogen and oxygen atoms in total. The molecule has 4 heteroatoms. The summed E-state index contributed by atoms with van der Waals surface area (Å²) >= 11 is 0. The Kier molecular flexibility index (Phi) is 3.66. The fourth-order valence-corrected chi connectivity index (χ4v) is 3.97. The van der Waals surface area contributed by atoms with Crippen LogP contribution in [0.4, 0.5) is 0 Å². The van der Waals surface area contributed by atoms with Gasteiger partial charge in [-0.15, -0.1) is 0 Å². The van der Waals surface area contributed by atoms with E-state index in [1.807, 2.05) is 30.3 Å². The van der Waals surface area contributed by atoms with Crippen LogP contribution in [0.3, 0.4) is 0 Å². The lowest BCUT2D eigenvalue weighted by atomic mass is 9.80. The minimum Gasteiger partial charge on any atom is -0.461 e. The Labute approximate surface area is 126 Å². The predicted molar refractivity (Wildman–Crippen MR) is 83.4 cm³/mol. The molecule has 2 aliphatic rings. The SMILES string of the molecule is B[C@@H]1O[C@@]2(CC(=O)OCc3ccccc3)CC(=C)C1[C@H]2C. The van der Waals surface area contributed by atoms with Crippen LogP contribution in [-0.2, 0) is 20.9 Å².